The third-order valence-electron chi connectivity index (χ3n) is 3.92. The first kappa shape index (κ1) is 15.3. The van der Waals surface area contributed by atoms with Gasteiger partial charge in [0, 0.05) is 0 Å². The summed E-state index contributed by atoms with van der Waals surface area (Å²) in [6.07, 6.45) is 12.6. The standard InChI is InChI=1S/C18H30/c1-3-5-6-7-8-9-11-14-17(4-2)18-15-12-10-13-16-18/h10,12-13,15-17H,3-9,11,14H2,1-2H3. The lowest BCUT2D eigenvalue weighted by atomic mass is 9.91. The van der Waals surface area contributed by atoms with Gasteiger partial charge in [0.25, 0.3) is 0 Å². The smallest absolute Gasteiger partial charge is 0.0165 e. The first-order valence-corrected chi connectivity index (χ1v) is 7.93. The summed E-state index contributed by atoms with van der Waals surface area (Å²) in [6, 6.07) is 11.0. The van der Waals surface area contributed by atoms with E-state index in [2.05, 4.69) is 44.2 Å². The Balaban J connectivity index is 2.13. The molecule has 0 aliphatic heterocycles. The second-order valence-electron chi connectivity index (χ2n) is 5.43. The highest BCUT2D eigenvalue weighted by Gasteiger charge is 2.07. The van der Waals surface area contributed by atoms with Crippen LogP contribution in [0.25, 0.3) is 0 Å². The summed E-state index contributed by atoms with van der Waals surface area (Å²) < 4.78 is 0. The largest absolute Gasteiger partial charge is 0.0654 e. The van der Waals surface area contributed by atoms with Crippen molar-refractivity contribution in [3.63, 3.8) is 0 Å². The number of benzene rings is 1. The quantitative estimate of drug-likeness (QED) is 0.424. The summed E-state index contributed by atoms with van der Waals surface area (Å²) >= 11 is 0. The monoisotopic (exact) mass is 246 g/mol. The lowest BCUT2D eigenvalue weighted by molar-refractivity contribution is 0.525. The molecule has 0 bridgehead atoms. The molecule has 1 aromatic carbocycles. The van der Waals surface area contributed by atoms with Crippen LogP contribution in [0.5, 0.6) is 0 Å². The van der Waals surface area contributed by atoms with E-state index >= 15 is 0 Å². The SMILES string of the molecule is CCCCCCCCCC(CC)c1ccccc1. The lowest BCUT2D eigenvalue weighted by Crippen LogP contribution is -1.97. The molecule has 1 unspecified atom stereocenters. The maximum atomic E-state index is 2.32. The van der Waals surface area contributed by atoms with Crippen LogP contribution < -0.4 is 0 Å². The zero-order valence-corrected chi connectivity index (χ0v) is 12.3. The van der Waals surface area contributed by atoms with Gasteiger partial charge in [-0.1, -0.05) is 89.1 Å². The van der Waals surface area contributed by atoms with Crippen LogP contribution in [0.1, 0.15) is 83.1 Å². The number of hydrogen-bond acceptors (Lipinski definition) is 0. The van der Waals surface area contributed by atoms with Crippen LogP contribution >= 0.6 is 0 Å². The molecule has 0 heteroatoms. The molecule has 0 radical (unpaired) electrons. The number of rotatable bonds is 10. The molecule has 1 atom stereocenters. The van der Waals surface area contributed by atoms with E-state index in [0.29, 0.717) is 0 Å². The van der Waals surface area contributed by atoms with Crippen molar-refractivity contribution in [3.8, 4) is 0 Å². The molecule has 0 aliphatic rings. The number of hydrogen-bond donors (Lipinski definition) is 0. The van der Waals surface area contributed by atoms with Crippen molar-refractivity contribution < 1.29 is 0 Å². The van der Waals surface area contributed by atoms with Crippen LogP contribution in [-0.4, -0.2) is 0 Å². The molecule has 0 amide bonds. The zero-order chi connectivity index (χ0) is 13.1. The second kappa shape index (κ2) is 10.2. The maximum absolute atomic E-state index is 2.32. The molecular weight excluding hydrogens is 216 g/mol. The van der Waals surface area contributed by atoms with Crippen LogP contribution in [0.3, 0.4) is 0 Å². The van der Waals surface area contributed by atoms with E-state index in [0.717, 1.165) is 5.92 Å². The summed E-state index contributed by atoms with van der Waals surface area (Å²) in [6.45, 7) is 4.60. The third kappa shape index (κ3) is 6.23. The fourth-order valence-corrected chi connectivity index (χ4v) is 2.68. The van der Waals surface area contributed by atoms with Gasteiger partial charge < -0.3 is 0 Å². The molecule has 1 rings (SSSR count). The van der Waals surface area contributed by atoms with Gasteiger partial charge in [-0.2, -0.15) is 0 Å². The molecule has 0 spiro atoms. The van der Waals surface area contributed by atoms with Crippen LogP contribution in [-0.2, 0) is 0 Å². The fourth-order valence-electron chi connectivity index (χ4n) is 2.68. The number of unbranched alkanes of at least 4 members (excludes halogenated alkanes) is 6. The van der Waals surface area contributed by atoms with Gasteiger partial charge in [-0.3, -0.25) is 0 Å². The zero-order valence-electron chi connectivity index (χ0n) is 12.3. The highest BCUT2D eigenvalue weighted by Crippen LogP contribution is 2.25. The second-order valence-corrected chi connectivity index (χ2v) is 5.43. The molecule has 0 aromatic heterocycles. The van der Waals surface area contributed by atoms with Crippen LogP contribution in [0.15, 0.2) is 30.3 Å². The first-order chi connectivity index (χ1) is 8.88. The van der Waals surface area contributed by atoms with E-state index in [-0.39, 0.29) is 0 Å². The Labute approximate surface area is 114 Å². The Morgan fingerprint density at radius 1 is 0.778 bits per heavy atom. The van der Waals surface area contributed by atoms with Gasteiger partial charge in [-0.15, -0.1) is 0 Å². The molecule has 0 N–H and O–H groups in total. The van der Waals surface area contributed by atoms with Gasteiger partial charge in [-0.05, 0) is 24.3 Å². The van der Waals surface area contributed by atoms with Gasteiger partial charge in [-0.25, -0.2) is 0 Å². The van der Waals surface area contributed by atoms with E-state index in [9.17, 15) is 0 Å². The van der Waals surface area contributed by atoms with Crippen molar-refractivity contribution >= 4 is 0 Å². The van der Waals surface area contributed by atoms with Crippen molar-refractivity contribution in [1.82, 2.24) is 0 Å². The Kier molecular flexibility index (Phi) is 8.63. The van der Waals surface area contributed by atoms with Gasteiger partial charge in [0.2, 0.25) is 0 Å². The van der Waals surface area contributed by atoms with E-state index in [4.69, 9.17) is 0 Å². The molecule has 0 aliphatic carbocycles. The summed E-state index contributed by atoms with van der Waals surface area (Å²) in [5.41, 5.74) is 1.53. The summed E-state index contributed by atoms with van der Waals surface area (Å²) in [7, 11) is 0. The Hall–Kier alpha value is -0.780. The van der Waals surface area contributed by atoms with E-state index in [1.165, 1.54) is 63.4 Å². The maximum Gasteiger partial charge on any atom is -0.0165 e. The van der Waals surface area contributed by atoms with E-state index in [1.807, 2.05) is 0 Å². The Morgan fingerprint density at radius 2 is 1.39 bits per heavy atom. The molecule has 0 heterocycles. The molecular formula is C18H30. The average Bonchev–Trinajstić information content (AvgIpc) is 2.43. The van der Waals surface area contributed by atoms with Crippen LogP contribution in [0.2, 0.25) is 0 Å². The van der Waals surface area contributed by atoms with E-state index in [1.54, 1.807) is 0 Å². The topological polar surface area (TPSA) is 0 Å². The Morgan fingerprint density at radius 3 is 2.00 bits per heavy atom. The molecule has 0 nitrogen and oxygen atoms in total. The van der Waals surface area contributed by atoms with Gasteiger partial charge in [0.15, 0.2) is 0 Å². The normalized spacial score (nSPS) is 12.6. The molecule has 1 aromatic rings. The van der Waals surface area contributed by atoms with Crippen molar-refractivity contribution in [3.05, 3.63) is 35.9 Å². The van der Waals surface area contributed by atoms with Crippen LogP contribution in [0, 0.1) is 0 Å². The average molecular weight is 246 g/mol. The van der Waals surface area contributed by atoms with Crippen molar-refractivity contribution in [2.75, 3.05) is 0 Å². The minimum Gasteiger partial charge on any atom is -0.0654 e. The third-order valence-corrected chi connectivity index (χ3v) is 3.92. The van der Waals surface area contributed by atoms with Gasteiger partial charge >= 0.3 is 0 Å². The summed E-state index contributed by atoms with van der Waals surface area (Å²) in [5.74, 6) is 0.779. The summed E-state index contributed by atoms with van der Waals surface area (Å²) in [5, 5.41) is 0. The summed E-state index contributed by atoms with van der Waals surface area (Å²) in [4.78, 5) is 0. The Bertz CT molecular complexity index is 275. The van der Waals surface area contributed by atoms with Crippen LogP contribution in [0.4, 0.5) is 0 Å². The predicted molar refractivity (Wildman–Crippen MR) is 82.1 cm³/mol. The molecule has 0 saturated carbocycles. The lowest BCUT2D eigenvalue weighted by Gasteiger charge is -2.15. The van der Waals surface area contributed by atoms with Crippen molar-refractivity contribution in [2.24, 2.45) is 0 Å². The first-order valence-electron chi connectivity index (χ1n) is 7.93. The van der Waals surface area contributed by atoms with Crippen molar-refractivity contribution in [2.45, 2.75) is 77.6 Å². The van der Waals surface area contributed by atoms with Gasteiger partial charge in [0.05, 0.1) is 0 Å². The predicted octanol–water partition coefficient (Wildman–Crippen LogP) is 6.32. The van der Waals surface area contributed by atoms with Gasteiger partial charge in [0.1, 0.15) is 0 Å². The molecule has 102 valence electrons. The highest BCUT2D eigenvalue weighted by molar-refractivity contribution is 5.19. The van der Waals surface area contributed by atoms with E-state index < -0.39 is 0 Å². The highest BCUT2D eigenvalue weighted by atomic mass is 14.1. The fraction of sp³-hybridized carbons (Fsp3) is 0.667. The molecule has 0 saturated heterocycles. The minimum absolute atomic E-state index is 0.779. The van der Waals surface area contributed by atoms with Crippen molar-refractivity contribution in [1.29, 1.82) is 0 Å². The molecule has 0 fully saturated rings. The minimum atomic E-state index is 0.779. The molecule has 18 heavy (non-hydrogen) atoms.